The van der Waals surface area contributed by atoms with Gasteiger partial charge in [-0.15, -0.1) is 0 Å². The van der Waals surface area contributed by atoms with E-state index in [-0.39, 0.29) is 12.3 Å². The Morgan fingerprint density at radius 3 is 2.94 bits per heavy atom. The number of anilines is 1. The highest BCUT2D eigenvalue weighted by Gasteiger charge is 2.12. The molecule has 7 heteroatoms. The summed E-state index contributed by atoms with van der Waals surface area (Å²) in [5, 5.41) is 0.388. The Morgan fingerprint density at radius 2 is 2.24 bits per heavy atom. The van der Waals surface area contributed by atoms with Crippen LogP contribution in [0.4, 0.5) is 5.13 Å². The van der Waals surface area contributed by atoms with Gasteiger partial charge in [-0.3, -0.25) is 4.72 Å². The normalized spacial score (nSPS) is 11.9. The van der Waals surface area contributed by atoms with Gasteiger partial charge < -0.3 is 5.73 Å². The lowest BCUT2D eigenvalue weighted by Crippen LogP contribution is -2.22. The quantitative estimate of drug-likeness (QED) is 0.878. The van der Waals surface area contributed by atoms with Crippen LogP contribution in [0.25, 0.3) is 10.2 Å². The molecule has 0 aliphatic carbocycles. The molecule has 1 aromatic carbocycles. The smallest absolute Gasteiger partial charge is 0.235 e. The highest BCUT2D eigenvalue weighted by molar-refractivity contribution is 7.92. The molecule has 1 aromatic heterocycles. The average Bonchev–Trinajstić information content (AvgIpc) is 2.57. The molecular weight excluding hydrogens is 258 g/mol. The van der Waals surface area contributed by atoms with Gasteiger partial charge in [0, 0.05) is 6.54 Å². The number of sulfonamides is 1. The molecule has 0 bridgehead atoms. The molecule has 0 aliphatic heterocycles. The van der Waals surface area contributed by atoms with Crippen molar-refractivity contribution in [2.75, 3.05) is 17.0 Å². The minimum atomic E-state index is -3.37. The summed E-state index contributed by atoms with van der Waals surface area (Å²) in [4.78, 5) is 4.21. The lowest BCUT2D eigenvalue weighted by molar-refractivity contribution is 0.601. The molecule has 0 saturated carbocycles. The zero-order valence-electron chi connectivity index (χ0n) is 9.30. The van der Waals surface area contributed by atoms with Gasteiger partial charge in [0.2, 0.25) is 10.0 Å². The predicted molar refractivity (Wildman–Crippen MR) is 70.8 cm³/mol. The van der Waals surface area contributed by atoms with Crippen LogP contribution in [-0.2, 0) is 10.0 Å². The third-order valence-corrected chi connectivity index (χ3v) is 4.51. The second-order valence-corrected chi connectivity index (χ2v) is 6.57. The first-order valence-corrected chi connectivity index (χ1v) is 7.55. The van der Waals surface area contributed by atoms with E-state index in [0.717, 1.165) is 15.8 Å². The van der Waals surface area contributed by atoms with Gasteiger partial charge in [-0.1, -0.05) is 17.4 Å². The van der Waals surface area contributed by atoms with Crippen LogP contribution >= 0.6 is 11.3 Å². The highest BCUT2D eigenvalue weighted by Crippen LogP contribution is 2.27. The molecular formula is C10H13N3O2S2. The molecule has 92 valence electrons. The zero-order chi connectivity index (χ0) is 12.5. The molecule has 0 fully saturated rings. The van der Waals surface area contributed by atoms with Crippen LogP contribution in [0.15, 0.2) is 18.2 Å². The summed E-state index contributed by atoms with van der Waals surface area (Å²) >= 11 is 1.32. The first kappa shape index (κ1) is 12.3. The van der Waals surface area contributed by atoms with E-state index in [2.05, 4.69) is 9.71 Å². The second kappa shape index (κ2) is 4.59. The van der Waals surface area contributed by atoms with Crippen molar-refractivity contribution in [2.24, 2.45) is 5.73 Å². The number of nitrogens with two attached hydrogens (primary N) is 1. The van der Waals surface area contributed by atoms with Crippen LogP contribution in [0.1, 0.15) is 5.56 Å². The van der Waals surface area contributed by atoms with Crippen LogP contribution < -0.4 is 10.5 Å². The van der Waals surface area contributed by atoms with Crippen molar-refractivity contribution in [1.29, 1.82) is 0 Å². The van der Waals surface area contributed by atoms with Gasteiger partial charge in [0.15, 0.2) is 5.13 Å². The predicted octanol–water partition coefficient (Wildman–Crippen LogP) is 1.31. The number of fused-ring (bicyclic) bond motifs is 1. The number of benzene rings is 1. The van der Waals surface area contributed by atoms with Gasteiger partial charge in [-0.25, -0.2) is 13.4 Å². The topological polar surface area (TPSA) is 85.1 Å². The van der Waals surface area contributed by atoms with Crippen LogP contribution in [0.2, 0.25) is 0 Å². The molecule has 5 nitrogen and oxygen atoms in total. The van der Waals surface area contributed by atoms with Crippen LogP contribution in [0.5, 0.6) is 0 Å². The Labute approximate surface area is 104 Å². The number of nitrogens with one attached hydrogen (secondary N) is 1. The van der Waals surface area contributed by atoms with Gasteiger partial charge in [0.1, 0.15) is 0 Å². The Bertz CT molecular complexity index is 634. The Morgan fingerprint density at radius 1 is 1.47 bits per heavy atom. The minimum Gasteiger partial charge on any atom is -0.329 e. The molecule has 0 saturated heterocycles. The number of hydrogen-bond donors (Lipinski definition) is 2. The number of thiazole rings is 1. The minimum absolute atomic E-state index is 0.0953. The molecule has 3 N–H and O–H groups in total. The summed E-state index contributed by atoms with van der Waals surface area (Å²) in [5.74, 6) is -0.0953. The maximum Gasteiger partial charge on any atom is 0.235 e. The van der Waals surface area contributed by atoms with Crippen LogP contribution in [-0.4, -0.2) is 25.7 Å². The summed E-state index contributed by atoms with van der Waals surface area (Å²) in [5.41, 5.74) is 7.15. The van der Waals surface area contributed by atoms with Gasteiger partial charge in [-0.05, 0) is 24.6 Å². The molecule has 0 aliphatic rings. The summed E-state index contributed by atoms with van der Waals surface area (Å²) < 4.78 is 26.4. The lowest BCUT2D eigenvalue weighted by Gasteiger charge is -2.01. The number of nitrogens with zero attached hydrogens (tertiary/aromatic N) is 1. The molecule has 1 heterocycles. The summed E-state index contributed by atoms with van der Waals surface area (Å²) in [6.45, 7) is 2.08. The third-order valence-electron chi connectivity index (χ3n) is 2.17. The van der Waals surface area contributed by atoms with E-state index in [1.54, 1.807) is 0 Å². The maximum atomic E-state index is 11.5. The van der Waals surface area contributed by atoms with Crippen molar-refractivity contribution in [2.45, 2.75) is 6.92 Å². The van der Waals surface area contributed by atoms with Gasteiger partial charge in [0.05, 0.1) is 16.0 Å². The van der Waals surface area contributed by atoms with Gasteiger partial charge in [-0.2, -0.15) is 0 Å². The standard InChI is InChI=1S/C10H13N3O2S2/c1-7-2-3-8-9(6-7)16-10(12-8)13-17(14,15)5-4-11/h2-3,6H,4-5,11H2,1H3,(H,12,13). The fraction of sp³-hybridized carbons (Fsp3) is 0.300. The maximum absolute atomic E-state index is 11.5. The van der Waals surface area contributed by atoms with Crippen molar-refractivity contribution in [3.8, 4) is 0 Å². The number of rotatable bonds is 4. The van der Waals surface area contributed by atoms with Crippen molar-refractivity contribution < 1.29 is 8.42 Å². The summed E-state index contributed by atoms with van der Waals surface area (Å²) in [6, 6.07) is 5.80. The van der Waals surface area contributed by atoms with E-state index < -0.39 is 10.0 Å². The Balaban J connectivity index is 2.31. The number of aryl methyl sites for hydroxylation is 1. The highest BCUT2D eigenvalue weighted by atomic mass is 32.2. The molecule has 0 spiro atoms. The van der Waals surface area contributed by atoms with Crippen molar-refractivity contribution >= 4 is 36.7 Å². The van der Waals surface area contributed by atoms with Crippen LogP contribution in [0.3, 0.4) is 0 Å². The summed E-state index contributed by atoms with van der Waals surface area (Å²) in [7, 11) is -3.37. The average molecular weight is 271 g/mol. The van der Waals surface area contributed by atoms with E-state index in [0.29, 0.717) is 5.13 Å². The van der Waals surface area contributed by atoms with Crippen molar-refractivity contribution in [3.05, 3.63) is 23.8 Å². The fourth-order valence-electron chi connectivity index (χ4n) is 1.41. The number of aromatic nitrogens is 1. The SMILES string of the molecule is Cc1ccc2nc(NS(=O)(=O)CCN)sc2c1. The van der Waals surface area contributed by atoms with Crippen molar-refractivity contribution in [3.63, 3.8) is 0 Å². The van der Waals surface area contributed by atoms with E-state index >= 15 is 0 Å². The number of hydrogen-bond acceptors (Lipinski definition) is 5. The molecule has 0 amide bonds. The van der Waals surface area contributed by atoms with E-state index in [1.807, 2.05) is 25.1 Å². The van der Waals surface area contributed by atoms with Crippen molar-refractivity contribution in [1.82, 2.24) is 4.98 Å². The van der Waals surface area contributed by atoms with Gasteiger partial charge in [0.25, 0.3) is 0 Å². The largest absolute Gasteiger partial charge is 0.329 e. The molecule has 2 rings (SSSR count). The first-order chi connectivity index (χ1) is 8.00. The fourth-order valence-corrected chi connectivity index (χ4v) is 3.50. The third kappa shape index (κ3) is 2.93. The van der Waals surface area contributed by atoms with E-state index in [1.165, 1.54) is 11.3 Å². The molecule has 17 heavy (non-hydrogen) atoms. The van der Waals surface area contributed by atoms with E-state index in [4.69, 9.17) is 5.73 Å². The van der Waals surface area contributed by atoms with E-state index in [9.17, 15) is 8.42 Å². The Kier molecular flexibility index (Phi) is 3.32. The molecule has 0 unspecified atom stereocenters. The Hall–Kier alpha value is -1.18. The molecule has 2 aromatic rings. The van der Waals surface area contributed by atoms with Crippen LogP contribution in [0, 0.1) is 6.92 Å². The molecule has 0 radical (unpaired) electrons. The second-order valence-electron chi connectivity index (χ2n) is 3.70. The molecule has 0 atom stereocenters. The van der Waals surface area contributed by atoms with Gasteiger partial charge >= 0.3 is 0 Å². The zero-order valence-corrected chi connectivity index (χ0v) is 10.9. The monoisotopic (exact) mass is 271 g/mol. The lowest BCUT2D eigenvalue weighted by atomic mass is 10.2. The first-order valence-electron chi connectivity index (χ1n) is 5.08. The summed E-state index contributed by atoms with van der Waals surface area (Å²) in [6.07, 6.45) is 0.